The number of nitro groups is 1. The maximum Gasteiger partial charge on any atom is 0.363 e. The Labute approximate surface area is 117 Å². The normalized spacial score (nSPS) is 11.6. The Morgan fingerprint density at radius 3 is 2.55 bits per heavy atom. The number of aromatic nitrogens is 4. The zero-order valence-corrected chi connectivity index (χ0v) is 11.7. The molecular formula is C10H11N5O4S. The summed E-state index contributed by atoms with van der Waals surface area (Å²) in [5.74, 6) is -0.900. The molecule has 2 aromatic heterocycles. The summed E-state index contributed by atoms with van der Waals surface area (Å²) in [6.45, 7) is 5.77. The Bertz CT molecular complexity index is 653. The van der Waals surface area contributed by atoms with Gasteiger partial charge in [0.2, 0.25) is 10.8 Å². The molecule has 0 bridgehead atoms. The highest BCUT2D eigenvalue weighted by atomic mass is 32.1. The van der Waals surface area contributed by atoms with Crippen molar-refractivity contribution < 1.29 is 14.8 Å². The van der Waals surface area contributed by atoms with Crippen LogP contribution >= 0.6 is 11.5 Å². The van der Waals surface area contributed by atoms with Crippen LogP contribution in [0.25, 0.3) is 5.13 Å². The van der Waals surface area contributed by atoms with E-state index in [2.05, 4.69) is 14.5 Å². The second kappa shape index (κ2) is 4.63. The number of carboxylic acids is 1. The van der Waals surface area contributed by atoms with Crippen LogP contribution in [-0.2, 0) is 5.41 Å². The lowest BCUT2D eigenvalue weighted by Crippen LogP contribution is -2.13. The second-order valence-corrected chi connectivity index (χ2v) is 5.75. The molecule has 0 aliphatic carbocycles. The minimum absolute atomic E-state index is 0.274. The van der Waals surface area contributed by atoms with E-state index >= 15 is 0 Å². The molecule has 2 aromatic rings. The highest BCUT2D eigenvalue weighted by molar-refractivity contribution is 7.08. The van der Waals surface area contributed by atoms with Gasteiger partial charge in [0.15, 0.2) is 0 Å². The van der Waals surface area contributed by atoms with E-state index in [0.717, 1.165) is 22.4 Å². The van der Waals surface area contributed by atoms with Gasteiger partial charge in [-0.2, -0.15) is 9.47 Å². The zero-order valence-electron chi connectivity index (χ0n) is 10.9. The predicted octanol–water partition coefficient (Wildman–Crippen LogP) is 1.63. The standard InChI is InChI=1S/C10H11N5O4S/c1-10(2,3)8-11-9(20-13-8)14-4-5(15(18)19)6(12-14)7(16)17/h4H,1-3H3,(H,16,17). The van der Waals surface area contributed by atoms with Crippen LogP contribution in [0.1, 0.15) is 37.1 Å². The first-order valence-electron chi connectivity index (χ1n) is 5.52. The van der Waals surface area contributed by atoms with Gasteiger partial charge in [-0.25, -0.2) is 14.5 Å². The van der Waals surface area contributed by atoms with Crippen molar-refractivity contribution in [2.24, 2.45) is 0 Å². The van der Waals surface area contributed by atoms with E-state index in [1.54, 1.807) is 0 Å². The Hall–Kier alpha value is -2.36. The topological polar surface area (TPSA) is 124 Å². The minimum atomic E-state index is -1.46. The summed E-state index contributed by atoms with van der Waals surface area (Å²) in [4.78, 5) is 25.1. The number of carboxylic acid groups (broad SMARTS) is 1. The predicted molar refractivity (Wildman–Crippen MR) is 69.3 cm³/mol. The van der Waals surface area contributed by atoms with E-state index in [4.69, 9.17) is 5.11 Å². The maximum atomic E-state index is 10.9. The van der Waals surface area contributed by atoms with Crippen LogP contribution in [0.4, 0.5) is 5.69 Å². The van der Waals surface area contributed by atoms with Crippen molar-refractivity contribution in [3.05, 3.63) is 27.8 Å². The second-order valence-electron chi connectivity index (χ2n) is 5.02. The Morgan fingerprint density at radius 1 is 1.50 bits per heavy atom. The number of rotatable bonds is 3. The molecule has 0 aliphatic heterocycles. The molecule has 0 saturated carbocycles. The van der Waals surface area contributed by atoms with Crippen LogP contribution in [0.5, 0.6) is 0 Å². The number of nitrogens with zero attached hydrogens (tertiary/aromatic N) is 5. The lowest BCUT2D eigenvalue weighted by atomic mass is 9.96. The van der Waals surface area contributed by atoms with Gasteiger partial charge in [-0.3, -0.25) is 10.1 Å². The first-order valence-corrected chi connectivity index (χ1v) is 6.29. The fourth-order valence-corrected chi connectivity index (χ4v) is 2.15. The van der Waals surface area contributed by atoms with Gasteiger partial charge in [-0.15, -0.1) is 0 Å². The average Bonchev–Trinajstić information content (AvgIpc) is 2.94. The van der Waals surface area contributed by atoms with Crippen molar-refractivity contribution in [3.8, 4) is 5.13 Å². The van der Waals surface area contributed by atoms with Crippen molar-refractivity contribution in [3.63, 3.8) is 0 Å². The van der Waals surface area contributed by atoms with Crippen LogP contribution in [-0.4, -0.2) is 35.1 Å². The van der Waals surface area contributed by atoms with Gasteiger partial charge in [0.05, 0.1) is 4.92 Å². The summed E-state index contributed by atoms with van der Waals surface area (Å²) in [7, 11) is 0. The van der Waals surface area contributed by atoms with Crippen LogP contribution in [0.2, 0.25) is 0 Å². The van der Waals surface area contributed by atoms with Gasteiger partial charge in [0.25, 0.3) is 0 Å². The summed E-state index contributed by atoms with van der Waals surface area (Å²) in [5.41, 5.74) is -1.48. The van der Waals surface area contributed by atoms with Crippen molar-refractivity contribution >= 4 is 23.2 Å². The van der Waals surface area contributed by atoms with Gasteiger partial charge in [-0.05, 0) is 0 Å². The monoisotopic (exact) mass is 297 g/mol. The van der Waals surface area contributed by atoms with Crippen LogP contribution in [0.15, 0.2) is 6.20 Å². The molecule has 0 radical (unpaired) electrons. The lowest BCUT2D eigenvalue weighted by molar-refractivity contribution is -0.385. The summed E-state index contributed by atoms with van der Waals surface area (Å²) in [6.07, 6.45) is 1.02. The molecule has 10 heteroatoms. The van der Waals surface area contributed by atoms with Gasteiger partial charge < -0.3 is 5.11 Å². The summed E-state index contributed by atoms with van der Waals surface area (Å²) < 4.78 is 5.21. The SMILES string of the molecule is CC(C)(C)c1nsc(-n2cc([N+](=O)[O-])c(C(=O)O)n2)n1. The molecule has 0 spiro atoms. The number of carbonyl (C=O) groups is 1. The molecule has 1 N–H and O–H groups in total. The molecule has 0 aliphatic rings. The molecule has 2 heterocycles. The molecule has 0 aromatic carbocycles. The molecule has 20 heavy (non-hydrogen) atoms. The largest absolute Gasteiger partial charge is 0.476 e. The Balaban J connectivity index is 2.49. The first-order chi connectivity index (χ1) is 9.20. The summed E-state index contributed by atoms with van der Waals surface area (Å²) in [5, 5.41) is 23.7. The Morgan fingerprint density at radius 2 is 2.15 bits per heavy atom. The third-order valence-corrected chi connectivity index (χ3v) is 3.08. The fraction of sp³-hybridized carbons (Fsp3) is 0.400. The van der Waals surface area contributed by atoms with Crippen molar-refractivity contribution in [1.29, 1.82) is 0 Å². The molecular weight excluding hydrogens is 286 g/mol. The van der Waals surface area contributed by atoms with E-state index in [-0.39, 0.29) is 10.5 Å². The van der Waals surface area contributed by atoms with Crippen molar-refractivity contribution in [2.75, 3.05) is 0 Å². The molecule has 0 amide bonds. The lowest BCUT2D eigenvalue weighted by Gasteiger charge is -2.11. The molecule has 0 unspecified atom stereocenters. The maximum absolute atomic E-state index is 10.9. The average molecular weight is 297 g/mol. The van der Waals surface area contributed by atoms with E-state index in [9.17, 15) is 14.9 Å². The van der Waals surface area contributed by atoms with E-state index < -0.39 is 22.3 Å². The van der Waals surface area contributed by atoms with Gasteiger partial charge in [-0.1, -0.05) is 20.8 Å². The van der Waals surface area contributed by atoms with Crippen molar-refractivity contribution in [1.82, 2.24) is 19.1 Å². The van der Waals surface area contributed by atoms with E-state index in [1.165, 1.54) is 0 Å². The van der Waals surface area contributed by atoms with E-state index in [0.29, 0.717) is 5.82 Å². The molecule has 9 nitrogen and oxygen atoms in total. The quantitative estimate of drug-likeness (QED) is 0.674. The molecule has 0 fully saturated rings. The summed E-state index contributed by atoms with van der Waals surface area (Å²) in [6, 6.07) is 0. The van der Waals surface area contributed by atoms with Gasteiger partial charge >= 0.3 is 11.7 Å². The molecule has 0 saturated heterocycles. The van der Waals surface area contributed by atoms with Gasteiger partial charge in [0, 0.05) is 16.9 Å². The number of aromatic carboxylic acids is 1. The highest BCUT2D eigenvalue weighted by Crippen LogP contribution is 2.24. The molecule has 2 rings (SSSR count). The van der Waals surface area contributed by atoms with Crippen molar-refractivity contribution in [2.45, 2.75) is 26.2 Å². The Kier molecular flexibility index (Phi) is 3.26. The van der Waals surface area contributed by atoms with Crippen LogP contribution in [0, 0.1) is 10.1 Å². The third kappa shape index (κ3) is 2.50. The smallest absolute Gasteiger partial charge is 0.363 e. The van der Waals surface area contributed by atoms with Gasteiger partial charge in [0.1, 0.15) is 12.0 Å². The van der Waals surface area contributed by atoms with E-state index in [1.807, 2.05) is 20.8 Å². The summed E-state index contributed by atoms with van der Waals surface area (Å²) >= 11 is 0.999. The highest BCUT2D eigenvalue weighted by Gasteiger charge is 2.27. The fourth-order valence-electron chi connectivity index (χ4n) is 1.36. The zero-order chi connectivity index (χ0) is 15.1. The number of hydrogen-bond acceptors (Lipinski definition) is 7. The minimum Gasteiger partial charge on any atom is -0.476 e. The third-order valence-electron chi connectivity index (χ3n) is 2.38. The van der Waals surface area contributed by atoms with Crippen LogP contribution in [0.3, 0.4) is 0 Å². The molecule has 0 atom stereocenters. The first kappa shape index (κ1) is 14.1. The number of hydrogen-bond donors (Lipinski definition) is 1. The van der Waals surface area contributed by atoms with Crippen LogP contribution < -0.4 is 0 Å². The molecule has 106 valence electrons.